The van der Waals surface area contributed by atoms with Crippen LogP contribution in [0.2, 0.25) is 0 Å². The van der Waals surface area contributed by atoms with E-state index in [2.05, 4.69) is 0 Å². The maximum atomic E-state index is 13.5. The first-order valence-electron chi connectivity index (χ1n) is 10.4. The van der Waals surface area contributed by atoms with Gasteiger partial charge in [-0.3, -0.25) is 4.79 Å². The molecule has 0 amide bonds. The van der Waals surface area contributed by atoms with E-state index in [1.165, 1.54) is 24.3 Å². The zero-order chi connectivity index (χ0) is 23.7. The van der Waals surface area contributed by atoms with Gasteiger partial charge in [-0.15, -0.1) is 0 Å². The van der Waals surface area contributed by atoms with Crippen LogP contribution in [0.3, 0.4) is 0 Å². The van der Waals surface area contributed by atoms with Crippen LogP contribution < -0.4 is 26.4 Å². The van der Waals surface area contributed by atoms with E-state index in [9.17, 15) is 9.18 Å². The lowest BCUT2D eigenvalue weighted by Gasteiger charge is -2.13. The number of benzene rings is 4. The van der Waals surface area contributed by atoms with Crippen LogP contribution in [0, 0.1) is 5.82 Å². The molecule has 0 spiro atoms. The normalized spacial score (nSPS) is 10.9. The first kappa shape index (κ1) is 21.1. The maximum Gasteiger partial charge on any atom is 0.235 e. The Morgan fingerprint density at radius 3 is 1.85 bits per heavy atom. The Bertz CT molecular complexity index is 1530. The van der Waals surface area contributed by atoms with Gasteiger partial charge in [-0.2, -0.15) is 0 Å². The van der Waals surface area contributed by atoms with Gasteiger partial charge in [0, 0.05) is 23.0 Å². The maximum absolute atomic E-state index is 13.5. The van der Waals surface area contributed by atoms with E-state index in [0.717, 1.165) is 0 Å². The molecule has 0 unspecified atom stereocenters. The lowest BCUT2D eigenvalue weighted by atomic mass is 10.1. The Balaban J connectivity index is 1.63. The first-order chi connectivity index (χ1) is 16.5. The number of nitrogen functional groups attached to an aromatic ring is 2. The van der Waals surface area contributed by atoms with Crippen molar-refractivity contribution in [2.75, 3.05) is 11.5 Å². The van der Waals surface area contributed by atoms with Gasteiger partial charge in [0.2, 0.25) is 11.2 Å². The molecule has 7 heteroatoms. The van der Waals surface area contributed by atoms with E-state index in [1.54, 1.807) is 66.7 Å². The smallest absolute Gasteiger partial charge is 0.235 e. The topological polar surface area (TPSA) is 101 Å². The highest BCUT2D eigenvalue weighted by Crippen LogP contribution is 2.35. The number of fused-ring (bicyclic) bond motifs is 1. The predicted molar refractivity (Wildman–Crippen MR) is 130 cm³/mol. The summed E-state index contributed by atoms with van der Waals surface area (Å²) in [5.74, 6) is 1.20. The van der Waals surface area contributed by atoms with E-state index < -0.39 is 5.82 Å². The van der Waals surface area contributed by atoms with Gasteiger partial charge in [-0.25, -0.2) is 4.39 Å². The molecule has 0 atom stereocenters. The fourth-order valence-corrected chi connectivity index (χ4v) is 3.43. The molecule has 5 rings (SSSR count). The highest BCUT2D eigenvalue weighted by molar-refractivity contribution is 5.83. The molecule has 0 fully saturated rings. The molecule has 1 aromatic heterocycles. The third-order valence-corrected chi connectivity index (χ3v) is 5.14. The molecule has 1 heterocycles. The highest BCUT2D eigenvalue weighted by Gasteiger charge is 2.19. The molecule has 0 radical (unpaired) electrons. The molecular formula is C27H19FN2O4. The molecule has 34 heavy (non-hydrogen) atoms. The summed E-state index contributed by atoms with van der Waals surface area (Å²) in [5.41, 5.74) is 13.0. The Labute approximate surface area is 193 Å². The molecule has 0 saturated heterocycles. The monoisotopic (exact) mass is 454 g/mol. The second kappa shape index (κ2) is 8.63. The second-order valence-electron chi connectivity index (χ2n) is 7.60. The highest BCUT2D eigenvalue weighted by atomic mass is 19.1. The van der Waals surface area contributed by atoms with Crippen molar-refractivity contribution in [2.45, 2.75) is 0 Å². The average Bonchev–Trinajstić information content (AvgIpc) is 2.84. The fourth-order valence-electron chi connectivity index (χ4n) is 3.43. The Hall–Kier alpha value is -4.78. The standard InChI is InChI=1S/C27H19FN2O4/c28-17-3-1-16(2-4-17)26-27(33-21-11-7-19(30)8-12-21)25(31)23-14-13-22(15-24(23)34-26)32-20-9-5-18(29)6-10-20/h1-15H,29-30H2. The molecule has 4 aromatic carbocycles. The summed E-state index contributed by atoms with van der Waals surface area (Å²) in [6.45, 7) is 0. The van der Waals surface area contributed by atoms with Crippen molar-refractivity contribution in [3.05, 3.63) is 107 Å². The molecule has 0 aliphatic heterocycles. The molecule has 6 nitrogen and oxygen atoms in total. The first-order valence-corrected chi connectivity index (χ1v) is 10.4. The minimum absolute atomic E-state index is 0.0175. The van der Waals surface area contributed by atoms with Crippen molar-refractivity contribution < 1.29 is 18.3 Å². The largest absolute Gasteiger partial charge is 0.457 e. The Morgan fingerprint density at radius 1 is 0.676 bits per heavy atom. The molecular weight excluding hydrogens is 435 g/mol. The molecule has 0 aliphatic rings. The number of hydrogen-bond donors (Lipinski definition) is 2. The van der Waals surface area contributed by atoms with Crippen LogP contribution in [0.5, 0.6) is 23.0 Å². The van der Waals surface area contributed by atoms with Gasteiger partial charge in [0.25, 0.3) is 0 Å². The zero-order valence-corrected chi connectivity index (χ0v) is 17.8. The quantitative estimate of drug-likeness (QED) is 0.300. The molecule has 0 saturated carbocycles. The van der Waals surface area contributed by atoms with Crippen molar-refractivity contribution in [3.8, 4) is 34.3 Å². The minimum atomic E-state index is -0.410. The number of ether oxygens (including phenoxy) is 2. The average molecular weight is 454 g/mol. The van der Waals surface area contributed by atoms with Gasteiger partial charge >= 0.3 is 0 Å². The molecule has 5 aromatic rings. The third kappa shape index (κ3) is 4.27. The summed E-state index contributed by atoms with van der Waals surface area (Å²) in [5, 5.41) is 0.306. The van der Waals surface area contributed by atoms with Crippen molar-refractivity contribution >= 4 is 22.3 Å². The number of nitrogens with two attached hydrogens (primary N) is 2. The SMILES string of the molecule is Nc1ccc(Oc2ccc3c(=O)c(Oc4ccc(N)cc4)c(-c4ccc(F)cc4)oc3c2)cc1. The van der Waals surface area contributed by atoms with Crippen LogP contribution in [0.25, 0.3) is 22.3 Å². The second-order valence-corrected chi connectivity index (χ2v) is 7.60. The van der Waals surface area contributed by atoms with E-state index in [1.807, 2.05) is 0 Å². The molecule has 0 bridgehead atoms. The lowest BCUT2D eigenvalue weighted by Crippen LogP contribution is -2.07. The Kier molecular flexibility index (Phi) is 5.35. The molecule has 168 valence electrons. The fraction of sp³-hybridized carbons (Fsp3) is 0. The van der Waals surface area contributed by atoms with Crippen LogP contribution >= 0.6 is 0 Å². The van der Waals surface area contributed by atoms with Crippen molar-refractivity contribution in [2.24, 2.45) is 0 Å². The summed E-state index contributed by atoms with van der Waals surface area (Å²) in [4.78, 5) is 13.4. The van der Waals surface area contributed by atoms with Gasteiger partial charge in [0.15, 0.2) is 5.76 Å². The van der Waals surface area contributed by atoms with Gasteiger partial charge in [0.1, 0.15) is 28.6 Å². The number of halogens is 1. The van der Waals surface area contributed by atoms with Gasteiger partial charge in [-0.1, -0.05) is 0 Å². The van der Waals surface area contributed by atoms with Gasteiger partial charge in [-0.05, 0) is 84.9 Å². The summed E-state index contributed by atoms with van der Waals surface area (Å²) in [6.07, 6.45) is 0. The van der Waals surface area contributed by atoms with E-state index in [0.29, 0.717) is 45.2 Å². The van der Waals surface area contributed by atoms with Crippen LogP contribution in [0.4, 0.5) is 15.8 Å². The van der Waals surface area contributed by atoms with Crippen LogP contribution in [-0.4, -0.2) is 0 Å². The van der Waals surface area contributed by atoms with E-state index >= 15 is 0 Å². The summed E-state index contributed by atoms with van der Waals surface area (Å²) in [7, 11) is 0. The number of hydrogen-bond acceptors (Lipinski definition) is 6. The molecule has 4 N–H and O–H groups in total. The van der Waals surface area contributed by atoms with Gasteiger partial charge < -0.3 is 25.4 Å². The summed E-state index contributed by atoms with van der Waals surface area (Å²) >= 11 is 0. The van der Waals surface area contributed by atoms with E-state index in [-0.39, 0.29) is 16.9 Å². The van der Waals surface area contributed by atoms with E-state index in [4.69, 9.17) is 25.4 Å². The lowest BCUT2D eigenvalue weighted by molar-refractivity contribution is 0.456. The van der Waals surface area contributed by atoms with Gasteiger partial charge in [0.05, 0.1) is 5.39 Å². The van der Waals surface area contributed by atoms with Crippen molar-refractivity contribution in [3.63, 3.8) is 0 Å². The zero-order valence-electron chi connectivity index (χ0n) is 17.8. The number of rotatable bonds is 5. The predicted octanol–water partition coefficient (Wildman–Crippen LogP) is 6.35. The molecule has 0 aliphatic carbocycles. The van der Waals surface area contributed by atoms with Crippen LogP contribution in [0.1, 0.15) is 0 Å². The Morgan fingerprint density at radius 2 is 1.24 bits per heavy atom. The van der Waals surface area contributed by atoms with Crippen molar-refractivity contribution in [1.29, 1.82) is 0 Å². The third-order valence-electron chi connectivity index (χ3n) is 5.14. The van der Waals surface area contributed by atoms with Crippen LogP contribution in [-0.2, 0) is 0 Å². The van der Waals surface area contributed by atoms with Crippen molar-refractivity contribution in [1.82, 2.24) is 0 Å². The summed E-state index contributed by atoms with van der Waals surface area (Å²) in [6, 6.07) is 24.1. The number of anilines is 2. The minimum Gasteiger partial charge on any atom is -0.457 e. The summed E-state index contributed by atoms with van der Waals surface area (Å²) < 4.78 is 31.5. The van der Waals surface area contributed by atoms with Crippen LogP contribution in [0.15, 0.2) is 100 Å².